The third kappa shape index (κ3) is 3.62. The molecule has 2 aromatic rings. The Morgan fingerprint density at radius 3 is 2.76 bits per heavy atom. The Bertz CT molecular complexity index is 879. The zero-order valence-corrected chi connectivity index (χ0v) is 14.9. The third-order valence-electron chi connectivity index (χ3n) is 3.46. The summed E-state index contributed by atoms with van der Waals surface area (Å²) in [6.45, 7) is 2.27. The van der Waals surface area contributed by atoms with Gasteiger partial charge in [0.15, 0.2) is 11.5 Å². The van der Waals surface area contributed by atoms with E-state index < -0.39 is 0 Å². The molecule has 7 heteroatoms. The summed E-state index contributed by atoms with van der Waals surface area (Å²) in [5.41, 5.74) is 1.28. The first-order valence-corrected chi connectivity index (χ1v) is 8.75. The van der Waals surface area contributed by atoms with Crippen molar-refractivity contribution in [2.75, 3.05) is 11.5 Å². The molecule has 1 amide bonds. The molecule has 1 saturated heterocycles. The smallest absolute Gasteiger partial charge is 0.296 e. The summed E-state index contributed by atoms with van der Waals surface area (Å²) < 4.78 is 5.37. The van der Waals surface area contributed by atoms with Gasteiger partial charge in [-0.25, -0.2) is 0 Å². The summed E-state index contributed by atoms with van der Waals surface area (Å²) in [6.07, 6.45) is 1.77. The third-order valence-corrected chi connectivity index (χ3v) is 4.88. The zero-order chi connectivity index (χ0) is 18.0. The number of anilines is 1. The number of thioether (sulfide) groups is 1. The van der Waals surface area contributed by atoms with Crippen molar-refractivity contribution < 1.29 is 19.7 Å². The molecule has 0 unspecified atom stereocenters. The van der Waals surface area contributed by atoms with Crippen LogP contribution in [0.15, 0.2) is 47.4 Å². The van der Waals surface area contributed by atoms with Crippen molar-refractivity contribution in [1.29, 1.82) is 0 Å². The highest BCUT2D eigenvalue weighted by Crippen LogP contribution is 2.38. The number of thiocarbonyl (C=S) groups is 1. The van der Waals surface area contributed by atoms with Crippen molar-refractivity contribution in [3.8, 4) is 17.2 Å². The lowest BCUT2D eigenvalue weighted by Crippen LogP contribution is -2.26. The number of phenols is 2. The predicted octanol–water partition coefficient (Wildman–Crippen LogP) is 4.54. The maximum Gasteiger partial charge on any atom is 0.296 e. The minimum atomic E-state index is -0.231. The molecule has 0 aromatic heterocycles. The van der Waals surface area contributed by atoms with Crippen LogP contribution in [0.3, 0.4) is 0 Å². The van der Waals surface area contributed by atoms with Crippen LogP contribution in [0.1, 0.15) is 12.5 Å². The number of aromatic hydroxyl groups is 2. The summed E-state index contributed by atoms with van der Waals surface area (Å²) in [6, 6.07) is 11.3. The Morgan fingerprint density at radius 1 is 1.24 bits per heavy atom. The molecule has 2 N–H and O–H groups in total. The molecule has 5 nitrogen and oxygen atoms in total. The van der Waals surface area contributed by atoms with Crippen LogP contribution in [0, 0.1) is 0 Å². The van der Waals surface area contributed by atoms with Crippen molar-refractivity contribution in [2.45, 2.75) is 6.92 Å². The fourth-order valence-electron chi connectivity index (χ4n) is 2.37. The van der Waals surface area contributed by atoms with Gasteiger partial charge in [-0.05, 0) is 54.6 Å². The van der Waals surface area contributed by atoms with Gasteiger partial charge in [-0.2, -0.15) is 0 Å². The van der Waals surface area contributed by atoms with Gasteiger partial charge in [0.2, 0.25) is 0 Å². The average Bonchev–Trinajstić information content (AvgIpc) is 2.85. The molecular formula is C18H15NO4S2. The van der Waals surface area contributed by atoms with Crippen LogP contribution in [0.2, 0.25) is 0 Å². The lowest BCUT2D eigenvalue weighted by Gasteiger charge is -2.14. The fourth-order valence-corrected chi connectivity index (χ4v) is 3.65. The largest absolute Gasteiger partial charge is 0.508 e. The van der Waals surface area contributed by atoms with Gasteiger partial charge >= 0.3 is 0 Å². The molecule has 0 atom stereocenters. The molecule has 1 aliphatic heterocycles. The number of nitrogens with zero attached hydrogens (tertiary/aromatic N) is 1. The second-order valence-corrected chi connectivity index (χ2v) is 6.58. The summed E-state index contributed by atoms with van der Waals surface area (Å²) in [4.78, 5) is 14.7. The van der Waals surface area contributed by atoms with E-state index >= 15 is 0 Å². The number of rotatable bonds is 4. The van der Waals surface area contributed by atoms with Crippen LogP contribution in [-0.4, -0.2) is 27.0 Å². The van der Waals surface area contributed by atoms with Crippen LogP contribution in [-0.2, 0) is 0 Å². The van der Waals surface area contributed by atoms with Gasteiger partial charge in [0.25, 0.3) is 5.24 Å². The molecule has 0 aliphatic carbocycles. The van der Waals surface area contributed by atoms with Crippen LogP contribution in [0.4, 0.5) is 10.5 Å². The molecule has 1 aliphatic rings. The Morgan fingerprint density at radius 2 is 2.04 bits per heavy atom. The molecule has 128 valence electrons. The standard InChI is InChI=1S/C18H15NO4S2/c1-2-23-15-8-11(6-7-14(15)21)9-16-17(24)19(18(22)25-16)12-4-3-5-13(20)10-12/h3-10,20-21H,2H2,1H3. The highest BCUT2D eigenvalue weighted by Gasteiger charge is 2.33. The SMILES string of the molecule is CCOc1cc(C=C2SC(=O)N(c3cccc(O)c3)C2=S)ccc1O. The molecule has 25 heavy (non-hydrogen) atoms. The molecule has 2 aromatic carbocycles. The van der Waals surface area contributed by atoms with E-state index in [9.17, 15) is 15.0 Å². The van der Waals surface area contributed by atoms with Gasteiger partial charge in [-0.1, -0.05) is 24.4 Å². The topological polar surface area (TPSA) is 70.0 Å². The maximum atomic E-state index is 12.3. The molecule has 0 saturated carbocycles. The van der Waals surface area contributed by atoms with E-state index in [0.717, 1.165) is 17.3 Å². The van der Waals surface area contributed by atoms with Crippen molar-refractivity contribution >= 4 is 46.0 Å². The molecule has 1 fully saturated rings. The molecule has 1 heterocycles. The van der Waals surface area contributed by atoms with Crippen molar-refractivity contribution in [3.05, 3.63) is 52.9 Å². The molecule has 0 radical (unpaired) electrons. The van der Waals surface area contributed by atoms with Crippen molar-refractivity contribution in [3.63, 3.8) is 0 Å². The van der Waals surface area contributed by atoms with Crippen LogP contribution in [0.5, 0.6) is 17.2 Å². The normalized spacial score (nSPS) is 15.9. The molecule has 0 spiro atoms. The Balaban J connectivity index is 1.92. The van der Waals surface area contributed by atoms with E-state index in [1.807, 2.05) is 6.92 Å². The highest BCUT2D eigenvalue weighted by atomic mass is 32.2. The number of carbonyl (C=O) groups excluding carboxylic acids is 1. The lowest BCUT2D eigenvalue weighted by molar-refractivity contribution is 0.268. The number of phenolic OH excluding ortho intramolecular Hbond substituents is 2. The minimum absolute atomic E-state index is 0.0584. The minimum Gasteiger partial charge on any atom is -0.508 e. The molecule has 3 rings (SSSR count). The Hall–Kier alpha value is -2.51. The summed E-state index contributed by atoms with van der Waals surface area (Å²) in [7, 11) is 0. The van der Waals surface area contributed by atoms with Gasteiger partial charge < -0.3 is 14.9 Å². The van der Waals surface area contributed by atoms with Gasteiger partial charge in [-0.3, -0.25) is 9.69 Å². The molecule has 0 bridgehead atoms. The Labute approximate surface area is 154 Å². The fraction of sp³-hybridized carbons (Fsp3) is 0.111. The summed E-state index contributed by atoms with van der Waals surface area (Å²) in [5.74, 6) is 0.500. The predicted molar refractivity (Wildman–Crippen MR) is 103 cm³/mol. The summed E-state index contributed by atoms with van der Waals surface area (Å²) in [5, 5.41) is 19.2. The number of ether oxygens (including phenoxy) is 1. The van der Waals surface area contributed by atoms with E-state index in [0.29, 0.717) is 27.9 Å². The van der Waals surface area contributed by atoms with Gasteiger partial charge in [0.1, 0.15) is 10.7 Å². The first kappa shape index (κ1) is 17.3. The van der Waals surface area contributed by atoms with Crippen LogP contribution >= 0.6 is 24.0 Å². The van der Waals surface area contributed by atoms with E-state index in [1.54, 1.807) is 30.3 Å². The number of hydrogen-bond acceptors (Lipinski definition) is 6. The number of amides is 1. The highest BCUT2D eigenvalue weighted by molar-refractivity contribution is 8.20. The van der Waals surface area contributed by atoms with E-state index in [2.05, 4.69) is 0 Å². The van der Waals surface area contributed by atoms with Crippen molar-refractivity contribution in [1.82, 2.24) is 0 Å². The van der Waals surface area contributed by atoms with Crippen LogP contribution < -0.4 is 9.64 Å². The Kier molecular flexibility index (Phi) is 4.96. The first-order chi connectivity index (χ1) is 12.0. The second kappa shape index (κ2) is 7.16. The van der Waals surface area contributed by atoms with E-state index in [4.69, 9.17) is 17.0 Å². The second-order valence-electron chi connectivity index (χ2n) is 5.20. The summed E-state index contributed by atoms with van der Waals surface area (Å²) >= 11 is 6.45. The lowest BCUT2D eigenvalue weighted by atomic mass is 10.2. The first-order valence-electron chi connectivity index (χ1n) is 7.52. The van der Waals surface area contributed by atoms with Gasteiger partial charge in [0, 0.05) is 6.07 Å². The number of carbonyl (C=O) groups is 1. The monoisotopic (exact) mass is 373 g/mol. The maximum absolute atomic E-state index is 12.3. The van der Waals surface area contributed by atoms with Gasteiger partial charge in [0.05, 0.1) is 17.2 Å². The molecular weight excluding hydrogens is 358 g/mol. The zero-order valence-electron chi connectivity index (χ0n) is 13.3. The number of benzene rings is 2. The average molecular weight is 373 g/mol. The quantitative estimate of drug-likeness (QED) is 0.606. The van der Waals surface area contributed by atoms with Crippen LogP contribution in [0.25, 0.3) is 6.08 Å². The number of hydrogen-bond donors (Lipinski definition) is 2. The van der Waals surface area contributed by atoms with E-state index in [1.165, 1.54) is 23.1 Å². The van der Waals surface area contributed by atoms with Gasteiger partial charge in [-0.15, -0.1) is 0 Å². The van der Waals surface area contributed by atoms with E-state index in [-0.39, 0.29) is 16.7 Å². The van der Waals surface area contributed by atoms with Crippen molar-refractivity contribution in [2.24, 2.45) is 0 Å².